The van der Waals surface area contributed by atoms with Crippen LogP contribution in [0, 0.1) is 23.7 Å². The lowest BCUT2D eigenvalue weighted by atomic mass is 9.87. The fraction of sp³-hybridized carbons (Fsp3) is 0.653. The van der Waals surface area contributed by atoms with Crippen molar-refractivity contribution in [1.29, 1.82) is 0 Å². The molecule has 0 aromatic heterocycles. The monoisotopic (exact) mass is 893 g/mol. The molecule has 0 bridgehead atoms. The Morgan fingerprint density at radius 1 is 0.859 bits per heavy atom. The second-order valence-electron chi connectivity index (χ2n) is 18.2. The lowest BCUT2D eigenvalue weighted by Gasteiger charge is -2.43. The van der Waals surface area contributed by atoms with Gasteiger partial charge >= 0.3 is 0 Å². The number of likely N-dealkylation sites (tertiary alicyclic amines) is 1. The van der Waals surface area contributed by atoms with E-state index in [-0.39, 0.29) is 79.5 Å². The van der Waals surface area contributed by atoms with E-state index in [2.05, 4.69) is 29.8 Å². The predicted molar refractivity (Wildman–Crippen MR) is 245 cm³/mol. The molecule has 2 aromatic rings. The number of benzene rings is 2. The summed E-state index contributed by atoms with van der Waals surface area (Å²) in [5.74, 6) is -2.59. The number of methoxy groups -OCH3 is 2. The van der Waals surface area contributed by atoms with E-state index in [1.165, 1.54) is 5.06 Å². The van der Waals surface area contributed by atoms with E-state index in [9.17, 15) is 24.0 Å². The molecule has 3 N–H and O–H groups in total. The molecule has 2 heterocycles. The first-order valence-corrected chi connectivity index (χ1v) is 23.1. The summed E-state index contributed by atoms with van der Waals surface area (Å²) in [6, 6.07) is 16.4. The minimum absolute atomic E-state index is 0.0169. The number of likely N-dealkylation sites (N-methyl/N-ethyl adjacent to an activating group) is 2. The predicted octanol–water partition coefficient (Wildman–Crippen LogP) is 4.38. The van der Waals surface area contributed by atoms with Crippen LogP contribution in [0.3, 0.4) is 0 Å². The molecular formula is C49H76N6O9. The summed E-state index contributed by atoms with van der Waals surface area (Å²) < 4.78 is 18.2. The third-order valence-electron chi connectivity index (χ3n) is 13.0. The van der Waals surface area contributed by atoms with Crippen molar-refractivity contribution in [3.05, 3.63) is 71.8 Å². The highest BCUT2D eigenvalue weighted by molar-refractivity contribution is 6.00. The van der Waals surface area contributed by atoms with Gasteiger partial charge in [-0.1, -0.05) is 116 Å². The smallest absolute Gasteiger partial charge is 0.269 e. The summed E-state index contributed by atoms with van der Waals surface area (Å²) in [7, 11) is 6.69. The van der Waals surface area contributed by atoms with Gasteiger partial charge in [0.15, 0.2) is 0 Å². The highest BCUT2D eigenvalue weighted by atomic mass is 16.7. The molecule has 0 aliphatic carbocycles. The lowest BCUT2D eigenvalue weighted by molar-refractivity contribution is -0.172. The number of nitrogens with one attached hydrogen (secondary N) is 3. The van der Waals surface area contributed by atoms with Crippen LogP contribution in [0.15, 0.2) is 60.7 Å². The van der Waals surface area contributed by atoms with Crippen LogP contribution in [0.1, 0.15) is 85.3 Å². The Bertz CT molecular complexity index is 1780. The van der Waals surface area contributed by atoms with Gasteiger partial charge in [-0.15, -0.1) is 0 Å². The lowest BCUT2D eigenvalue weighted by Crippen LogP contribution is -2.60. The molecule has 10 atom stereocenters. The van der Waals surface area contributed by atoms with Crippen molar-refractivity contribution in [3.8, 4) is 0 Å². The maximum atomic E-state index is 14.5. The molecule has 5 amide bonds. The Hall–Kier alpha value is -4.25. The van der Waals surface area contributed by atoms with Gasteiger partial charge in [0.2, 0.25) is 23.6 Å². The fourth-order valence-corrected chi connectivity index (χ4v) is 9.41. The Morgan fingerprint density at radius 2 is 1.50 bits per heavy atom. The fourth-order valence-electron chi connectivity index (χ4n) is 9.41. The van der Waals surface area contributed by atoms with Gasteiger partial charge in [-0.2, -0.15) is 0 Å². The van der Waals surface area contributed by atoms with E-state index in [4.69, 9.17) is 19.0 Å². The van der Waals surface area contributed by atoms with Gasteiger partial charge in [0.25, 0.3) is 5.91 Å². The number of carbonyl (C=O) groups is 5. The van der Waals surface area contributed by atoms with Crippen LogP contribution < -0.4 is 16.0 Å². The normalized spacial score (nSPS) is 20.4. The standard InChI is InChI=1S/C49H76N6O9/c1-12-33(6)44(53(9)43(32(4)5)48(59)52-47(58)42(50-8)31(2)3)40(61-10)27-41(56)54-25-19-24-39(54)45(62-11)34(7)46(57)51-38(26-35-20-15-13-16-21-35)49(60)55-28-37(30-64-55)63-29-36-22-17-14-18-23-36/h13-18,20-23,31-34,37-40,42-45,50H,12,19,24-30H2,1-11H3,(H,51,57)(H,52,58,59)/t33-,34+,37?,38-,39-,40+,42-,43-,44-,45+/m0/s1. The molecule has 4 rings (SSSR count). The number of hydrogen-bond acceptors (Lipinski definition) is 11. The number of nitrogens with zero attached hydrogens (tertiary/aromatic N) is 3. The van der Waals surface area contributed by atoms with E-state index in [1.54, 1.807) is 33.1 Å². The van der Waals surface area contributed by atoms with Crippen molar-refractivity contribution >= 4 is 29.5 Å². The van der Waals surface area contributed by atoms with Gasteiger partial charge in [0.1, 0.15) is 18.8 Å². The largest absolute Gasteiger partial charge is 0.379 e. The third-order valence-corrected chi connectivity index (χ3v) is 13.0. The first-order valence-electron chi connectivity index (χ1n) is 23.1. The quantitative estimate of drug-likeness (QED) is 0.137. The number of hydroxylamine groups is 2. The van der Waals surface area contributed by atoms with Crippen LogP contribution in [0.5, 0.6) is 0 Å². The molecule has 356 valence electrons. The summed E-state index contributed by atoms with van der Waals surface area (Å²) in [4.78, 5) is 79.4. The third kappa shape index (κ3) is 13.9. The zero-order chi connectivity index (χ0) is 47.1. The van der Waals surface area contributed by atoms with E-state index in [1.807, 2.05) is 100 Å². The molecule has 2 aliphatic rings. The van der Waals surface area contributed by atoms with Gasteiger partial charge < -0.3 is 29.7 Å². The Labute approximate surface area is 381 Å². The van der Waals surface area contributed by atoms with Crippen LogP contribution >= 0.6 is 0 Å². The Morgan fingerprint density at radius 3 is 2.06 bits per heavy atom. The first-order chi connectivity index (χ1) is 30.6. The van der Waals surface area contributed by atoms with Crippen LogP contribution in [0.25, 0.3) is 0 Å². The van der Waals surface area contributed by atoms with E-state index in [0.717, 1.165) is 24.0 Å². The number of hydrogen-bond donors (Lipinski definition) is 3. The van der Waals surface area contributed by atoms with Crippen LogP contribution in [-0.4, -0.2) is 141 Å². The van der Waals surface area contributed by atoms with E-state index in [0.29, 0.717) is 19.6 Å². The highest BCUT2D eigenvalue weighted by Gasteiger charge is 2.44. The molecule has 0 radical (unpaired) electrons. The molecule has 2 aromatic carbocycles. The second kappa shape index (κ2) is 25.4. The second-order valence-corrected chi connectivity index (χ2v) is 18.2. The molecule has 0 spiro atoms. The number of imide groups is 1. The summed E-state index contributed by atoms with van der Waals surface area (Å²) in [6.45, 7) is 14.9. The van der Waals surface area contributed by atoms with E-state index >= 15 is 0 Å². The van der Waals surface area contributed by atoms with Gasteiger partial charge in [-0.05, 0) is 55.8 Å². The van der Waals surface area contributed by atoms with Crippen LogP contribution in [0.4, 0.5) is 0 Å². The average Bonchev–Trinajstić information content (AvgIpc) is 3.96. The minimum atomic E-state index is -0.934. The first kappa shape index (κ1) is 52.4. The highest BCUT2D eigenvalue weighted by Crippen LogP contribution is 2.31. The summed E-state index contributed by atoms with van der Waals surface area (Å²) in [6.07, 6.45) is 0.782. The van der Waals surface area contributed by atoms with Gasteiger partial charge in [-0.3, -0.25) is 39.0 Å². The molecular weight excluding hydrogens is 817 g/mol. The number of ether oxygens (including phenoxy) is 3. The van der Waals surface area contributed by atoms with Crippen LogP contribution in [-0.2, 0) is 56.0 Å². The molecule has 15 heteroatoms. The number of rotatable bonds is 24. The van der Waals surface area contributed by atoms with Crippen molar-refractivity contribution in [2.75, 3.05) is 48.0 Å². The number of amides is 5. The molecule has 1 unspecified atom stereocenters. The van der Waals surface area contributed by atoms with Crippen molar-refractivity contribution in [2.24, 2.45) is 23.7 Å². The maximum absolute atomic E-state index is 14.5. The molecule has 2 aliphatic heterocycles. The van der Waals surface area contributed by atoms with Gasteiger partial charge in [-0.25, -0.2) is 5.06 Å². The molecule has 64 heavy (non-hydrogen) atoms. The Balaban J connectivity index is 1.48. The van der Waals surface area contributed by atoms with Crippen LogP contribution in [0.2, 0.25) is 0 Å². The van der Waals surface area contributed by atoms with Gasteiger partial charge in [0, 0.05) is 33.2 Å². The Kier molecular flexibility index (Phi) is 20.8. The van der Waals surface area contributed by atoms with Gasteiger partial charge in [0.05, 0.1) is 55.8 Å². The minimum Gasteiger partial charge on any atom is -0.379 e. The summed E-state index contributed by atoms with van der Waals surface area (Å²) in [5, 5.41) is 9.97. The van der Waals surface area contributed by atoms with Crippen molar-refractivity contribution in [2.45, 2.75) is 136 Å². The summed E-state index contributed by atoms with van der Waals surface area (Å²) in [5.41, 5.74) is 1.89. The van der Waals surface area contributed by atoms with Crippen molar-refractivity contribution in [1.82, 2.24) is 30.8 Å². The van der Waals surface area contributed by atoms with Crippen molar-refractivity contribution < 1.29 is 43.0 Å². The molecule has 2 saturated heterocycles. The topological polar surface area (TPSA) is 168 Å². The molecule has 2 fully saturated rings. The zero-order valence-corrected chi connectivity index (χ0v) is 40.1. The number of carbonyl (C=O) groups excluding carboxylic acids is 5. The van der Waals surface area contributed by atoms with E-state index < -0.39 is 48.2 Å². The van der Waals surface area contributed by atoms with Crippen molar-refractivity contribution in [3.63, 3.8) is 0 Å². The summed E-state index contributed by atoms with van der Waals surface area (Å²) >= 11 is 0. The molecule has 15 nitrogen and oxygen atoms in total. The zero-order valence-electron chi connectivity index (χ0n) is 40.1. The molecule has 0 saturated carbocycles. The SMILES string of the molecule is CC[C@H](C)[C@@H]([C@@H](CC(=O)N1CCC[C@H]1[C@H](OC)[C@@H](C)C(=O)N[C@@H](Cc1ccccc1)C(=O)N1CC(OCc2ccccc2)CO1)OC)N(C)[C@H](C(=O)NC(=O)[C@@H](NC)C(C)C)C(C)C. The maximum Gasteiger partial charge on any atom is 0.269 e. The average molecular weight is 893 g/mol.